The zero-order chi connectivity index (χ0) is 14.7. The van der Waals surface area contributed by atoms with Crippen LogP contribution < -0.4 is 5.32 Å². The molecule has 6 heteroatoms. The normalized spacial score (nSPS) is 10.3. The van der Waals surface area contributed by atoms with Crippen LogP contribution in [0, 0.1) is 6.92 Å². The molecule has 0 aliphatic carbocycles. The number of benzene rings is 1. The maximum Gasteiger partial charge on any atom is 0.311 e. The zero-order valence-electron chi connectivity index (χ0n) is 10.6. The molecular formula is C14H12BrNO4. The van der Waals surface area contributed by atoms with Crippen molar-refractivity contribution in [3.05, 3.63) is 51.9 Å². The summed E-state index contributed by atoms with van der Waals surface area (Å²) in [4.78, 5) is 22.5. The van der Waals surface area contributed by atoms with E-state index in [4.69, 9.17) is 9.52 Å². The number of aliphatic carboxylic acids is 1. The lowest BCUT2D eigenvalue weighted by Gasteiger charge is -2.05. The van der Waals surface area contributed by atoms with Gasteiger partial charge in [0.1, 0.15) is 12.2 Å². The molecule has 0 saturated heterocycles. The van der Waals surface area contributed by atoms with Crippen LogP contribution in [0.4, 0.5) is 5.69 Å². The Balaban J connectivity index is 2.09. The molecule has 1 heterocycles. The Bertz CT molecular complexity index is 663. The summed E-state index contributed by atoms with van der Waals surface area (Å²) < 4.78 is 6.14. The molecule has 1 amide bonds. The minimum absolute atomic E-state index is 0.0850. The first-order valence-electron chi connectivity index (χ1n) is 5.83. The Morgan fingerprint density at radius 1 is 1.30 bits per heavy atom. The van der Waals surface area contributed by atoms with Crippen molar-refractivity contribution in [2.24, 2.45) is 0 Å². The topological polar surface area (TPSA) is 79.5 Å². The number of amides is 1. The minimum Gasteiger partial charge on any atom is -0.481 e. The van der Waals surface area contributed by atoms with Crippen molar-refractivity contribution in [3.63, 3.8) is 0 Å². The van der Waals surface area contributed by atoms with E-state index in [1.54, 1.807) is 6.07 Å². The Hall–Kier alpha value is -2.08. The summed E-state index contributed by atoms with van der Waals surface area (Å²) in [6, 6.07) is 8.36. The van der Waals surface area contributed by atoms with Gasteiger partial charge in [-0.05, 0) is 42.8 Å². The van der Waals surface area contributed by atoms with E-state index in [-0.39, 0.29) is 17.9 Å². The van der Waals surface area contributed by atoms with Crippen LogP contribution in [0.2, 0.25) is 0 Å². The fourth-order valence-corrected chi connectivity index (χ4v) is 1.91. The molecule has 0 spiro atoms. The zero-order valence-corrected chi connectivity index (χ0v) is 12.2. The van der Waals surface area contributed by atoms with E-state index in [0.29, 0.717) is 5.69 Å². The third kappa shape index (κ3) is 3.48. The fourth-order valence-electron chi connectivity index (χ4n) is 1.66. The molecule has 2 rings (SSSR count). The lowest BCUT2D eigenvalue weighted by atomic mass is 10.2. The number of anilines is 1. The first-order chi connectivity index (χ1) is 9.45. The van der Waals surface area contributed by atoms with Crippen molar-refractivity contribution >= 4 is 33.5 Å². The first-order valence-corrected chi connectivity index (χ1v) is 6.63. The monoisotopic (exact) mass is 337 g/mol. The van der Waals surface area contributed by atoms with Gasteiger partial charge in [0.25, 0.3) is 5.91 Å². The molecular weight excluding hydrogens is 326 g/mol. The van der Waals surface area contributed by atoms with Crippen LogP contribution in [0.1, 0.15) is 21.9 Å². The Kier molecular flexibility index (Phi) is 4.24. The highest BCUT2D eigenvalue weighted by atomic mass is 79.9. The first kappa shape index (κ1) is 14.3. The largest absolute Gasteiger partial charge is 0.481 e. The molecule has 0 atom stereocenters. The lowest BCUT2D eigenvalue weighted by Crippen LogP contribution is -2.11. The van der Waals surface area contributed by atoms with E-state index in [2.05, 4.69) is 21.2 Å². The van der Waals surface area contributed by atoms with Gasteiger partial charge in [-0.1, -0.05) is 15.9 Å². The molecule has 20 heavy (non-hydrogen) atoms. The van der Waals surface area contributed by atoms with Crippen molar-refractivity contribution in [2.45, 2.75) is 13.3 Å². The highest BCUT2D eigenvalue weighted by molar-refractivity contribution is 9.10. The summed E-state index contributed by atoms with van der Waals surface area (Å²) in [7, 11) is 0. The van der Waals surface area contributed by atoms with Crippen LogP contribution in [0.15, 0.2) is 39.2 Å². The van der Waals surface area contributed by atoms with Crippen molar-refractivity contribution in [2.75, 3.05) is 5.32 Å². The van der Waals surface area contributed by atoms with Crippen LogP contribution in [-0.2, 0) is 11.2 Å². The van der Waals surface area contributed by atoms with Crippen LogP contribution in [-0.4, -0.2) is 17.0 Å². The molecule has 2 aromatic rings. The van der Waals surface area contributed by atoms with Gasteiger partial charge < -0.3 is 14.8 Å². The second-order valence-electron chi connectivity index (χ2n) is 4.25. The SMILES string of the molecule is Cc1cc(NC(=O)c2ccc(CC(=O)O)o2)ccc1Br. The molecule has 1 aromatic heterocycles. The van der Waals surface area contributed by atoms with Gasteiger partial charge in [0.05, 0.1) is 0 Å². The molecule has 104 valence electrons. The molecule has 0 radical (unpaired) electrons. The molecule has 0 aliphatic heterocycles. The Morgan fingerprint density at radius 3 is 2.70 bits per heavy atom. The van der Waals surface area contributed by atoms with Crippen LogP contribution >= 0.6 is 15.9 Å². The molecule has 1 aromatic carbocycles. The summed E-state index contributed by atoms with van der Waals surface area (Å²) in [6.45, 7) is 1.91. The Labute approximate surface area is 123 Å². The molecule has 0 bridgehead atoms. The van der Waals surface area contributed by atoms with Crippen molar-refractivity contribution in [3.8, 4) is 0 Å². The van der Waals surface area contributed by atoms with Gasteiger partial charge in [0.2, 0.25) is 0 Å². The predicted octanol–water partition coefficient (Wildman–Crippen LogP) is 3.23. The highest BCUT2D eigenvalue weighted by Gasteiger charge is 2.13. The maximum atomic E-state index is 11.9. The summed E-state index contributed by atoms with van der Waals surface area (Å²) in [5.41, 5.74) is 1.64. The second kappa shape index (κ2) is 5.92. The number of carbonyl (C=O) groups excluding carboxylic acids is 1. The van der Waals surface area contributed by atoms with E-state index in [1.165, 1.54) is 12.1 Å². The van der Waals surface area contributed by atoms with Gasteiger partial charge in [-0.3, -0.25) is 9.59 Å². The number of furan rings is 1. The molecule has 0 fully saturated rings. The number of hydrogen-bond acceptors (Lipinski definition) is 3. The average Bonchev–Trinajstić information content (AvgIpc) is 2.81. The molecule has 0 unspecified atom stereocenters. The van der Waals surface area contributed by atoms with E-state index in [9.17, 15) is 9.59 Å². The van der Waals surface area contributed by atoms with Crippen LogP contribution in [0.3, 0.4) is 0 Å². The van der Waals surface area contributed by atoms with Gasteiger partial charge >= 0.3 is 5.97 Å². The lowest BCUT2D eigenvalue weighted by molar-refractivity contribution is -0.136. The van der Waals surface area contributed by atoms with Crippen LogP contribution in [0.25, 0.3) is 0 Å². The number of rotatable bonds is 4. The smallest absolute Gasteiger partial charge is 0.311 e. The quantitative estimate of drug-likeness (QED) is 0.897. The van der Waals surface area contributed by atoms with Crippen molar-refractivity contribution in [1.29, 1.82) is 0 Å². The third-order valence-electron chi connectivity index (χ3n) is 2.63. The number of carboxylic acid groups (broad SMARTS) is 1. The van der Waals surface area contributed by atoms with Gasteiger partial charge in [-0.25, -0.2) is 0 Å². The number of halogens is 1. The maximum absolute atomic E-state index is 11.9. The minimum atomic E-state index is -1.00. The third-order valence-corrected chi connectivity index (χ3v) is 3.52. The fraction of sp³-hybridized carbons (Fsp3) is 0.143. The van der Waals surface area contributed by atoms with Crippen LogP contribution in [0.5, 0.6) is 0 Å². The number of hydrogen-bond donors (Lipinski definition) is 2. The number of nitrogens with one attached hydrogen (secondary N) is 1. The van der Waals surface area contributed by atoms with Crippen molar-refractivity contribution in [1.82, 2.24) is 0 Å². The van der Waals surface area contributed by atoms with Gasteiger partial charge in [-0.15, -0.1) is 0 Å². The van der Waals surface area contributed by atoms with Crippen molar-refractivity contribution < 1.29 is 19.1 Å². The number of carboxylic acids is 1. The predicted molar refractivity (Wildman–Crippen MR) is 76.9 cm³/mol. The van der Waals surface area contributed by atoms with E-state index in [0.717, 1.165) is 10.0 Å². The molecule has 5 nitrogen and oxygen atoms in total. The standard InChI is InChI=1S/C14H12BrNO4/c1-8-6-9(2-4-11(8)15)16-14(19)12-5-3-10(20-12)7-13(17)18/h2-6H,7H2,1H3,(H,16,19)(H,17,18). The number of aryl methyl sites for hydroxylation is 1. The van der Waals surface area contributed by atoms with Gasteiger partial charge in [0.15, 0.2) is 5.76 Å². The summed E-state index contributed by atoms with van der Waals surface area (Å²) >= 11 is 3.38. The van der Waals surface area contributed by atoms with E-state index >= 15 is 0 Å². The number of carbonyl (C=O) groups is 2. The van der Waals surface area contributed by atoms with E-state index in [1.807, 2.05) is 19.1 Å². The summed E-state index contributed by atoms with van der Waals surface area (Å²) in [5, 5.41) is 11.3. The summed E-state index contributed by atoms with van der Waals surface area (Å²) in [6.07, 6.45) is -0.245. The van der Waals surface area contributed by atoms with Gasteiger partial charge in [0, 0.05) is 10.2 Å². The highest BCUT2D eigenvalue weighted by Crippen LogP contribution is 2.20. The Morgan fingerprint density at radius 2 is 2.05 bits per heavy atom. The van der Waals surface area contributed by atoms with E-state index < -0.39 is 11.9 Å². The second-order valence-corrected chi connectivity index (χ2v) is 5.11. The summed E-state index contributed by atoms with van der Waals surface area (Å²) in [5.74, 6) is -1.09. The van der Waals surface area contributed by atoms with Gasteiger partial charge in [-0.2, -0.15) is 0 Å². The average molecular weight is 338 g/mol. The molecule has 0 aliphatic rings. The molecule has 2 N–H and O–H groups in total. The molecule has 0 saturated carbocycles.